The van der Waals surface area contributed by atoms with Gasteiger partial charge in [0.25, 0.3) is 0 Å². The molecule has 1 saturated carbocycles. The monoisotopic (exact) mass is 232 g/mol. The predicted octanol–water partition coefficient (Wildman–Crippen LogP) is 2.76. The zero-order valence-electron chi connectivity index (χ0n) is 10.8. The van der Waals surface area contributed by atoms with Crippen LogP contribution in [-0.4, -0.2) is 15.8 Å². The molecule has 0 aromatic carbocycles. The van der Waals surface area contributed by atoms with Gasteiger partial charge in [-0.1, -0.05) is 20.8 Å². The minimum Gasteiger partial charge on any atom is -0.299 e. The van der Waals surface area contributed by atoms with Gasteiger partial charge in [-0.3, -0.25) is 14.8 Å². The van der Waals surface area contributed by atoms with Crippen LogP contribution in [0.5, 0.6) is 0 Å². The fourth-order valence-corrected chi connectivity index (χ4v) is 2.77. The molecular formula is C14H20N2O. The molecule has 92 valence electrons. The molecule has 1 aromatic rings. The molecule has 0 amide bonds. The van der Waals surface area contributed by atoms with Crippen molar-refractivity contribution < 1.29 is 4.79 Å². The van der Waals surface area contributed by atoms with Gasteiger partial charge in [0.15, 0.2) is 0 Å². The summed E-state index contributed by atoms with van der Waals surface area (Å²) >= 11 is 0. The van der Waals surface area contributed by atoms with Crippen LogP contribution in [0.3, 0.4) is 0 Å². The number of Topliss-reactive ketones (excluding diaryl/α,β-unsaturated/α-hetero) is 1. The molecular weight excluding hydrogens is 212 g/mol. The molecule has 0 N–H and O–H groups in total. The lowest BCUT2D eigenvalue weighted by molar-refractivity contribution is -0.128. The molecule has 0 spiro atoms. The molecule has 1 heterocycles. The van der Waals surface area contributed by atoms with Crippen molar-refractivity contribution in [1.29, 1.82) is 0 Å². The van der Waals surface area contributed by atoms with Crippen LogP contribution in [0.15, 0.2) is 18.6 Å². The Hall–Kier alpha value is -1.25. The van der Waals surface area contributed by atoms with Gasteiger partial charge >= 0.3 is 0 Å². The number of nitrogens with zero attached hydrogens (tertiary/aromatic N) is 2. The maximum atomic E-state index is 12.2. The molecule has 3 heteroatoms. The SMILES string of the molecule is CC1CCC(C(C)(C)c2cnccn2)C(=O)C1. The minimum absolute atomic E-state index is 0.0930. The van der Waals surface area contributed by atoms with Crippen LogP contribution in [-0.2, 0) is 10.2 Å². The van der Waals surface area contributed by atoms with E-state index in [9.17, 15) is 4.79 Å². The van der Waals surface area contributed by atoms with E-state index in [1.807, 2.05) is 0 Å². The average molecular weight is 232 g/mol. The lowest BCUT2D eigenvalue weighted by atomic mass is 9.67. The third-order valence-electron chi connectivity index (χ3n) is 3.98. The van der Waals surface area contributed by atoms with Crippen LogP contribution in [0, 0.1) is 11.8 Å². The highest BCUT2D eigenvalue weighted by Crippen LogP contribution is 2.39. The lowest BCUT2D eigenvalue weighted by Crippen LogP contribution is -2.39. The summed E-state index contributed by atoms with van der Waals surface area (Å²) in [6.07, 6.45) is 7.99. The summed E-state index contributed by atoms with van der Waals surface area (Å²) < 4.78 is 0. The molecule has 2 atom stereocenters. The normalized spacial score (nSPS) is 25.9. The first kappa shape index (κ1) is 12.2. The fourth-order valence-electron chi connectivity index (χ4n) is 2.77. The van der Waals surface area contributed by atoms with Gasteiger partial charge < -0.3 is 0 Å². The van der Waals surface area contributed by atoms with Crippen LogP contribution in [0.25, 0.3) is 0 Å². The summed E-state index contributed by atoms with van der Waals surface area (Å²) in [6.45, 7) is 6.37. The third-order valence-corrected chi connectivity index (χ3v) is 3.98. The van der Waals surface area contributed by atoms with Crippen LogP contribution in [0.4, 0.5) is 0 Å². The second kappa shape index (κ2) is 4.55. The van der Waals surface area contributed by atoms with E-state index in [1.54, 1.807) is 18.6 Å². The first-order valence-electron chi connectivity index (χ1n) is 6.31. The summed E-state index contributed by atoms with van der Waals surface area (Å²) in [6, 6.07) is 0. The molecule has 3 nitrogen and oxygen atoms in total. The molecule has 0 radical (unpaired) electrons. The Morgan fingerprint density at radius 3 is 2.65 bits per heavy atom. The van der Waals surface area contributed by atoms with Crippen molar-refractivity contribution in [1.82, 2.24) is 9.97 Å². The second-order valence-corrected chi connectivity index (χ2v) is 5.72. The van der Waals surface area contributed by atoms with Gasteiger partial charge in [0.1, 0.15) is 5.78 Å². The first-order valence-corrected chi connectivity index (χ1v) is 6.31. The summed E-state index contributed by atoms with van der Waals surface area (Å²) in [7, 11) is 0. The van der Waals surface area contributed by atoms with Crippen LogP contribution < -0.4 is 0 Å². The van der Waals surface area contributed by atoms with E-state index in [0.29, 0.717) is 18.1 Å². The Balaban J connectivity index is 2.24. The molecule has 1 aromatic heterocycles. The van der Waals surface area contributed by atoms with E-state index >= 15 is 0 Å². The summed E-state index contributed by atoms with van der Waals surface area (Å²) in [5.74, 6) is 1.02. The predicted molar refractivity (Wildman–Crippen MR) is 66.6 cm³/mol. The number of carbonyl (C=O) groups excluding carboxylic acids is 1. The largest absolute Gasteiger partial charge is 0.299 e. The van der Waals surface area contributed by atoms with Crippen molar-refractivity contribution in [3.8, 4) is 0 Å². The van der Waals surface area contributed by atoms with Crippen LogP contribution in [0.2, 0.25) is 0 Å². The van der Waals surface area contributed by atoms with E-state index in [4.69, 9.17) is 0 Å². The summed E-state index contributed by atoms with van der Waals surface area (Å²) in [5.41, 5.74) is 0.721. The number of carbonyl (C=O) groups is 1. The highest BCUT2D eigenvalue weighted by molar-refractivity contribution is 5.83. The Kier molecular flexibility index (Phi) is 3.27. The van der Waals surface area contributed by atoms with Crippen molar-refractivity contribution in [2.24, 2.45) is 11.8 Å². The molecule has 0 aliphatic heterocycles. The highest BCUT2D eigenvalue weighted by Gasteiger charge is 2.40. The smallest absolute Gasteiger partial charge is 0.137 e. The Morgan fingerprint density at radius 2 is 2.06 bits per heavy atom. The van der Waals surface area contributed by atoms with Gasteiger partial charge in [-0.15, -0.1) is 0 Å². The summed E-state index contributed by atoms with van der Waals surface area (Å²) in [4.78, 5) is 20.7. The van der Waals surface area contributed by atoms with Crippen molar-refractivity contribution in [3.05, 3.63) is 24.3 Å². The number of ketones is 1. The second-order valence-electron chi connectivity index (χ2n) is 5.72. The lowest BCUT2D eigenvalue weighted by Gasteiger charge is -2.36. The van der Waals surface area contributed by atoms with Gasteiger partial charge in [0, 0.05) is 36.3 Å². The first-order chi connectivity index (χ1) is 8.01. The number of rotatable bonds is 2. The quantitative estimate of drug-likeness (QED) is 0.787. The molecule has 0 saturated heterocycles. The topological polar surface area (TPSA) is 42.9 Å². The number of hydrogen-bond donors (Lipinski definition) is 0. The van der Waals surface area contributed by atoms with Gasteiger partial charge in [-0.25, -0.2) is 0 Å². The zero-order valence-corrected chi connectivity index (χ0v) is 10.8. The van der Waals surface area contributed by atoms with Crippen LogP contribution in [0.1, 0.15) is 45.7 Å². The molecule has 1 aliphatic carbocycles. The maximum Gasteiger partial charge on any atom is 0.137 e. The molecule has 1 fully saturated rings. The number of hydrogen-bond acceptors (Lipinski definition) is 3. The van der Waals surface area contributed by atoms with Crippen molar-refractivity contribution in [2.45, 2.75) is 45.4 Å². The Morgan fingerprint density at radius 1 is 1.29 bits per heavy atom. The standard InChI is InChI=1S/C14H20N2O/c1-10-4-5-11(12(17)8-10)14(2,3)13-9-15-6-7-16-13/h6-7,9-11H,4-5,8H2,1-3H3. The van der Waals surface area contributed by atoms with E-state index in [0.717, 1.165) is 18.5 Å². The van der Waals surface area contributed by atoms with E-state index in [-0.39, 0.29) is 11.3 Å². The summed E-state index contributed by atoms with van der Waals surface area (Å²) in [5, 5.41) is 0. The van der Waals surface area contributed by atoms with E-state index < -0.39 is 0 Å². The van der Waals surface area contributed by atoms with Gasteiger partial charge in [0.2, 0.25) is 0 Å². The van der Waals surface area contributed by atoms with Crippen molar-refractivity contribution in [3.63, 3.8) is 0 Å². The van der Waals surface area contributed by atoms with Crippen molar-refractivity contribution in [2.75, 3.05) is 0 Å². The zero-order chi connectivity index (χ0) is 12.5. The molecule has 2 rings (SSSR count). The number of aromatic nitrogens is 2. The average Bonchev–Trinajstić information content (AvgIpc) is 2.29. The molecule has 2 unspecified atom stereocenters. The maximum absolute atomic E-state index is 12.2. The van der Waals surface area contributed by atoms with Gasteiger partial charge in [-0.05, 0) is 18.8 Å². The fraction of sp³-hybridized carbons (Fsp3) is 0.643. The van der Waals surface area contributed by atoms with Gasteiger partial charge in [0.05, 0.1) is 5.69 Å². The molecule has 17 heavy (non-hydrogen) atoms. The van der Waals surface area contributed by atoms with Crippen LogP contribution >= 0.6 is 0 Å². The van der Waals surface area contributed by atoms with E-state index in [1.165, 1.54) is 0 Å². The highest BCUT2D eigenvalue weighted by atomic mass is 16.1. The third kappa shape index (κ3) is 2.38. The Labute approximate surface area is 103 Å². The Bertz CT molecular complexity index is 400. The van der Waals surface area contributed by atoms with Gasteiger partial charge in [-0.2, -0.15) is 0 Å². The van der Waals surface area contributed by atoms with Crippen molar-refractivity contribution >= 4 is 5.78 Å². The van der Waals surface area contributed by atoms with E-state index in [2.05, 4.69) is 30.7 Å². The molecule has 1 aliphatic rings. The minimum atomic E-state index is -0.203. The molecule has 0 bridgehead atoms.